The number of carbonyl (C=O) groups excluding carboxylic acids is 2. The van der Waals surface area contributed by atoms with Gasteiger partial charge in [0.1, 0.15) is 6.61 Å². The zero-order valence-electron chi connectivity index (χ0n) is 11.3. The molecule has 0 saturated heterocycles. The molecule has 0 aliphatic heterocycles. The van der Waals surface area contributed by atoms with Crippen LogP contribution in [-0.2, 0) is 20.9 Å². The lowest BCUT2D eigenvalue weighted by molar-refractivity contribution is -0.140. The van der Waals surface area contributed by atoms with E-state index in [4.69, 9.17) is 4.74 Å². The van der Waals surface area contributed by atoms with Crippen molar-refractivity contribution in [2.45, 2.75) is 20.0 Å². The number of amides is 1. The number of hydrogen-bond acceptors (Lipinski definition) is 4. The Labute approximate surface area is 113 Å². The monoisotopic (exact) mass is 265 g/mol. The van der Waals surface area contributed by atoms with Gasteiger partial charge in [0.25, 0.3) is 0 Å². The molecular weight excluding hydrogens is 246 g/mol. The number of carbonyl (C=O) groups is 2. The molecule has 5 nitrogen and oxygen atoms in total. The van der Waals surface area contributed by atoms with Crippen molar-refractivity contribution in [2.75, 3.05) is 20.2 Å². The molecule has 104 valence electrons. The van der Waals surface area contributed by atoms with E-state index in [9.17, 15) is 9.59 Å². The van der Waals surface area contributed by atoms with Crippen molar-refractivity contribution in [3.8, 4) is 0 Å². The Morgan fingerprint density at radius 2 is 1.89 bits per heavy atom. The molecule has 0 spiro atoms. The summed E-state index contributed by atoms with van der Waals surface area (Å²) in [5, 5.41) is 0. The van der Waals surface area contributed by atoms with Crippen LogP contribution in [0, 0.1) is 0 Å². The van der Waals surface area contributed by atoms with Crippen molar-refractivity contribution in [2.24, 2.45) is 0 Å². The van der Waals surface area contributed by atoms with E-state index in [1.165, 1.54) is 12.0 Å². The van der Waals surface area contributed by atoms with Gasteiger partial charge in [0.05, 0.1) is 13.5 Å². The second-order valence-corrected chi connectivity index (χ2v) is 3.95. The van der Waals surface area contributed by atoms with Crippen molar-refractivity contribution in [3.05, 3.63) is 35.9 Å². The topological polar surface area (TPSA) is 55.8 Å². The van der Waals surface area contributed by atoms with Crippen LogP contribution in [0.25, 0.3) is 0 Å². The molecule has 0 aromatic heterocycles. The van der Waals surface area contributed by atoms with Gasteiger partial charge in [-0.15, -0.1) is 0 Å². The lowest BCUT2D eigenvalue weighted by Gasteiger charge is -2.19. The summed E-state index contributed by atoms with van der Waals surface area (Å²) in [6.07, 6.45) is -0.250. The van der Waals surface area contributed by atoms with E-state index in [-0.39, 0.29) is 19.0 Å². The summed E-state index contributed by atoms with van der Waals surface area (Å²) in [6, 6.07) is 9.45. The lowest BCUT2D eigenvalue weighted by atomic mass is 10.2. The smallest absolute Gasteiger partial charge is 0.410 e. The Balaban J connectivity index is 2.39. The normalized spacial score (nSPS) is 9.79. The van der Waals surface area contributed by atoms with Crippen molar-refractivity contribution in [3.63, 3.8) is 0 Å². The fourth-order valence-electron chi connectivity index (χ4n) is 1.52. The predicted molar refractivity (Wildman–Crippen MR) is 70.5 cm³/mol. The highest BCUT2D eigenvalue weighted by molar-refractivity contribution is 5.71. The maximum atomic E-state index is 11.8. The first-order valence-corrected chi connectivity index (χ1v) is 6.19. The number of methoxy groups -OCH3 is 1. The summed E-state index contributed by atoms with van der Waals surface area (Å²) in [4.78, 5) is 24.3. The number of benzene rings is 1. The van der Waals surface area contributed by atoms with Gasteiger partial charge in [-0.1, -0.05) is 30.3 Å². The van der Waals surface area contributed by atoms with Crippen LogP contribution >= 0.6 is 0 Å². The van der Waals surface area contributed by atoms with E-state index < -0.39 is 6.09 Å². The maximum Gasteiger partial charge on any atom is 0.410 e. The maximum absolute atomic E-state index is 11.8. The van der Waals surface area contributed by atoms with Gasteiger partial charge in [0.2, 0.25) is 0 Å². The second kappa shape index (κ2) is 8.13. The highest BCUT2D eigenvalue weighted by Crippen LogP contribution is 2.04. The van der Waals surface area contributed by atoms with E-state index >= 15 is 0 Å². The van der Waals surface area contributed by atoms with Crippen LogP contribution in [0.2, 0.25) is 0 Å². The molecule has 0 N–H and O–H groups in total. The number of rotatable bonds is 6. The van der Waals surface area contributed by atoms with E-state index in [1.54, 1.807) is 0 Å². The van der Waals surface area contributed by atoms with E-state index in [0.717, 1.165) is 5.56 Å². The fraction of sp³-hybridized carbons (Fsp3) is 0.429. The van der Waals surface area contributed by atoms with Crippen LogP contribution in [0.4, 0.5) is 4.79 Å². The quantitative estimate of drug-likeness (QED) is 0.740. The average molecular weight is 265 g/mol. The van der Waals surface area contributed by atoms with E-state index in [2.05, 4.69) is 4.74 Å². The summed E-state index contributed by atoms with van der Waals surface area (Å²) in [6.45, 7) is 2.86. The van der Waals surface area contributed by atoms with Crippen LogP contribution in [0.1, 0.15) is 18.9 Å². The molecule has 1 amide bonds. The first kappa shape index (κ1) is 15.0. The van der Waals surface area contributed by atoms with Crippen molar-refractivity contribution >= 4 is 12.1 Å². The molecule has 0 radical (unpaired) electrons. The second-order valence-electron chi connectivity index (χ2n) is 3.95. The van der Waals surface area contributed by atoms with Crippen molar-refractivity contribution < 1.29 is 19.1 Å². The Kier molecular flexibility index (Phi) is 6.43. The van der Waals surface area contributed by atoms with Crippen molar-refractivity contribution in [1.82, 2.24) is 4.90 Å². The lowest BCUT2D eigenvalue weighted by Crippen LogP contribution is -2.33. The van der Waals surface area contributed by atoms with Crippen LogP contribution in [0.15, 0.2) is 30.3 Å². The molecule has 0 saturated carbocycles. The summed E-state index contributed by atoms with van der Waals surface area (Å²) >= 11 is 0. The summed E-state index contributed by atoms with van der Waals surface area (Å²) in [7, 11) is 1.33. The minimum atomic E-state index is -0.421. The molecule has 0 aliphatic rings. The fourth-order valence-corrected chi connectivity index (χ4v) is 1.52. The Morgan fingerprint density at radius 3 is 2.47 bits per heavy atom. The standard InChI is InChI=1S/C14H19NO4/c1-3-15(10-9-13(16)18-2)14(17)19-11-12-7-5-4-6-8-12/h4-8H,3,9-11H2,1-2H3. The van der Waals surface area contributed by atoms with E-state index in [1.807, 2.05) is 37.3 Å². The molecule has 0 aliphatic carbocycles. The highest BCUT2D eigenvalue weighted by Gasteiger charge is 2.14. The number of ether oxygens (including phenoxy) is 2. The predicted octanol–water partition coefficient (Wildman–Crippen LogP) is 2.21. The van der Waals surface area contributed by atoms with Crippen molar-refractivity contribution in [1.29, 1.82) is 0 Å². The van der Waals surface area contributed by atoms with Crippen LogP contribution in [-0.4, -0.2) is 37.2 Å². The third-order valence-corrected chi connectivity index (χ3v) is 2.66. The molecule has 5 heteroatoms. The summed E-state index contributed by atoms with van der Waals surface area (Å²) in [5.74, 6) is -0.339. The van der Waals surface area contributed by atoms with Gasteiger partial charge >= 0.3 is 12.1 Å². The molecule has 1 aromatic carbocycles. The van der Waals surface area contributed by atoms with Gasteiger partial charge in [-0.3, -0.25) is 4.79 Å². The third kappa shape index (κ3) is 5.42. The zero-order valence-corrected chi connectivity index (χ0v) is 11.3. The van der Waals surface area contributed by atoms with Crippen LogP contribution in [0.5, 0.6) is 0 Å². The van der Waals surface area contributed by atoms with Crippen LogP contribution in [0.3, 0.4) is 0 Å². The summed E-state index contributed by atoms with van der Waals surface area (Å²) < 4.78 is 9.72. The molecule has 1 aromatic rings. The van der Waals surface area contributed by atoms with Gasteiger partial charge in [0, 0.05) is 13.1 Å². The molecular formula is C14H19NO4. The first-order valence-electron chi connectivity index (χ1n) is 6.19. The molecule has 0 atom stereocenters. The minimum absolute atomic E-state index is 0.171. The van der Waals surface area contributed by atoms with E-state index in [0.29, 0.717) is 13.1 Å². The van der Waals surface area contributed by atoms with Crippen LogP contribution < -0.4 is 0 Å². The number of nitrogens with zero attached hydrogens (tertiary/aromatic N) is 1. The highest BCUT2D eigenvalue weighted by atomic mass is 16.6. The number of esters is 1. The third-order valence-electron chi connectivity index (χ3n) is 2.66. The molecule has 0 heterocycles. The molecule has 0 bridgehead atoms. The first-order chi connectivity index (χ1) is 9.17. The largest absolute Gasteiger partial charge is 0.469 e. The van der Waals surface area contributed by atoms with Gasteiger partial charge < -0.3 is 14.4 Å². The van der Waals surface area contributed by atoms with Gasteiger partial charge in [-0.25, -0.2) is 4.79 Å². The Morgan fingerprint density at radius 1 is 1.21 bits per heavy atom. The SMILES string of the molecule is CCN(CCC(=O)OC)C(=O)OCc1ccccc1. The molecule has 1 rings (SSSR count). The average Bonchev–Trinajstić information content (AvgIpc) is 2.46. The van der Waals surface area contributed by atoms with Gasteiger partial charge in [0.15, 0.2) is 0 Å². The van der Waals surface area contributed by atoms with Gasteiger partial charge in [-0.05, 0) is 12.5 Å². The minimum Gasteiger partial charge on any atom is -0.469 e. The molecule has 0 unspecified atom stereocenters. The van der Waals surface area contributed by atoms with Gasteiger partial charge in [-0.2, -0.15) is 0 Å². The molecule has 19 heavy (non-hydrogen) atoms. The zero-order chi connectivity index (χ0) is 14.1. The molecule has 0 fully saturated rings. The number of hydrogen-bond donors (Lipinski definition) is 0. The Bertz CT molecular complexity index is 405. The summed E-state index contributed by atoms with van der Waals surface area (Å²) in [5.41, 5.74) is 0.930. The Hall–Kier alpha value is -2.04.